The number of likely N-dealkylation sites (N-methyl/N-ethyl adjacent to an activating group) is 1. The zero-order chi connectivity index (χ0) is 25.5. The topological polar surface area (TPSA) is 96.6 Å². The van der Waals surface area contributed by atoms with Crippen LogP contribution >= 0.6 is 11.3 Å². The molecule has 2 aliphatic rings. The number of aryl methyl sites for hydroxylation is 2. The molecule has 8 nitrogen and oxygen atoms in total. The Morgan fingerprint density at radius 3 is 2.53 bits per heavy atom. The van der Waals surface area contributed by atoms with E-state index in [-0.39, 0.29) is 16.5 Å². The minimum Gasteiger partial charge on any atom is -0.450 e. The quantitative estimate of drug-likeness (QED) is 0.415. The third kappa shape index (κ3) is 2.77. The molecule has 4 aromatic rings. The van der Waals surface area contributed by atoms with Gasteiger partial charge in [0.1, 0.15) is 10.6 Å². The molecular weight excluding hydrogens is 476 g/mol. The minimum atomic E-state index is -1.72. The fourth-order valence-corrected chi connectivity index (χ4v) is 6.39. The van der Waals surface area contributed by atoms with E-state index in [4.69, 9.17) is 4.42 Å². The van der Waals surface area contributed by atoms with Gasteiger partial charge in [-0.25, -0.2) is 0 Å². The lowest BCUT2D eigenvalue weighted by atomic mass is 9.84. The number of fused-ring (bicyclic) bond motifs is 5. The number of nitrogens with zero attached hydrogens (tertiary/aromatic N) is 4. The van der Waals surface area contributed by atoms with Crippen molar-refractivity contribution in [2.45, 2.75) is 39.7 Å². The first-order chi connectivity index (χ1) is 17.2. The van der Waals surface area contributed by atoms with E-state index in [2.05, 4.69) is 24.0 Å². The van der Waals surface area contributed by atoms with Crippen molar-refractivity contribution in [3.8, 4) is 0 Å². The van der Waals surface area contributed by atoms with E-state index < -0.39 is 22.8 Å². The summed E-state index contributed by atoms with van der Waals surface area (Å²) in [4.78, 5) is 45.2. The van der Waals surface area contributed by atoms with Crippen LogP contribution in [-0.4, -0.2) is 29.1 Å². The molecule has 0 saturated heterocycles. The van der Waals surface area contributed by atoms with Crippen molar-refractivity contribution in [1.29, 1.82) is 0 Å². The van der Waals surface area contributed by atoms with E-state index >= 15 is 0 Å². The van der Waals surface area contributed by atoms with Crippen LogP contribution < -0.4 is 15.2 Å². The summed E-state index contributed by atoms with van der Waals surface area (Å²) < 4.78 is 6.14. The van der Waals surface area contributed by atoms with E-state index in [0.717, 1.165) is 16.1 Å². The second-order valence-electron chi connectivity index (χ2n) is 9.88. The number of benzene rings is 2. The Morgan fingerprint density at radius 2 is 1.78 bits per heavy atom. The van der Waals surface area contributed by atoms with Crippen LogP contribution in [-0.2, 0) is 16.8 Å². The lowest BCUT2D eigenvalue weighted by Crippen LogP contribution is -2.53. The first kappa shape index (κ1) is 22.6. The summed E-state index contributed by atoms with van der Waals surface area (Å²) in [6.07, 6.45) is 0.684. The van der Waals surface area contributed by atoms with Crippen LogP contribution in [0.1, 0.15) is 51.7 Å². The Bertz CT molecular complexity index is 1670. The van der Waals surface area contributed by atoms with Crippen LogP contribution in [0.4, 0.5) is 10.8 Å². The Morgan fingerprint density at radius 1 is 1.06 bits per heavy atom. The third-order valence-electron chi connectivity index (χ3n) is 7.10. The van der Waals surface area contributed by atoms with Gasteiger partial charge in [-0.1, -0.05) is 43.4 Å². The highest BCUT2D eigenvalue weighted by atomic mass is 32.1. The van der Waals surface area contributed by atoms with Gasteiger partial charge in [-0.2, -0.15) is 0 Å². The number of carbonyl (C=O) groups is 2. The smallest absolute Gasteiger partial charge is 0.297 e. The van der Waals surface area contributed by atoms with Gasteiger partial charge in [-0.3, -0.25) is 19.3 Å². The van der Waals surface area contributed by atoms with E-state index in [9.17, 15) is 14.4 Å². The Labute approximate surface area is 211 Å². The molecule has 0 fully saturated rings. The second-order valence-corrected chi connectivity index (χ2v) is 10.9. The van der Waals surface area contributed by atoms with Crippen molar-refractivity contribution in [1.82, 2.24) is 10.2 Å². The molecule has 2 amide bonds. The molecule has 0 N–H and O–H groups in total. The largest absolute Gasteiger partial charge is 0.450 e. The maximum atomic E-state index is 14.2. The predicted molar refractivity (Wildman–Crippen MR) is 138 cm³/mol. The molecule has 0 aliphatic carbocycles. The molecule has 182 valence electrons. The van der Waals surface area contributed by atoms with Crippen molar-refractivity contribution >= 4 is 44.9 Å². The lowest BCUT2D eigenvalue weighted by molar-refractivity contribution is -0.121. The van der Waals surface area contributed by atoms with Crippen molar-refractivity contribution in [3.05, 3.63) is 79.6 Å². The molecule has 0 saturated carbocycles. The van der Waals surface area contributed by atoms with Crippen LogP contribution in [0.5, 0.6) is 0 Å². The number of anilines is 2. The minimum absolute atomic E-state index is 0.0330. The van der Waals surface area contributed by atoms with E-state index in [1.807, 2.05) is 26.0 Å². The van der Waals surface area contributed by atoms with Crippen molar-refractivity contribution in [2.24, 2.45) is 5.92 Å². The van der Waals surface area contributed by atoms with Crippen molar-refractivity contribution in [2.75, 3.05) is 16.8 Å². The van der Waals surface area contributed by atoms with Crippen molar-refractivity contribution < 1.29 is 14.0 Å². The van der Waals surface area contributed by atoms with Crippen molar-refractivity contribution in [3.63, 3.8) is 0 Å². The third-order valence-corrected chi connectivity index (χ3v) is 8.03. The molecule has 0 radical (unpaired) electrons. The number of hydrogen-bond donors (Lipinski definition) is 0. The van der Waals surface area contributed by atoms with E-state index in [1.165, 1.54) is 21.1 Å². The van der Waals surface area contributed by atoms with Crippen LogP contribution in [0, 0.1) is 19.8 Å². The number of aromatic nitrogens is 2. The number of hydrogen-bond acceptors (Lipinski definition) is 7. The molecule has 2 aromatic heterocycles. The van der Waals surface area contributed by atoms with E-state index in [0.29, 0.717) is 34.6 Å². The van der Waals surface area contributed by atoms with Crippen LogP contribution in [0.25, 0.3) is 11.0 Å². The first-order valence-corrected chi connectivity index (χ1v) is 12.6. The van der Waals surface area contributed by atoms with Gasteiger partial charge in [0.25, 0.3) is 11.8 Å². The normalized spacial score (nSPS) is 18.7. The first-order valence-electron chi connectivity index (χ1n) is 11.8. The second kappa shape index (κ2) is 7.57. The van der Waals surface area contributed by atoms with Gasteiger partial charge in [0.15, 0.2) is 11.0 Å². The SMILES string of the molecule is Cc1cc2oc3c(c(=O)c2cc1C)C1(C(=O)N(C)c2ccccc21)N(c1nnc(CC(C)C)s1)C3=O. The summed E-state index contributed by atoms with van der Waals surface area (Å²) in [6, 6.07) is 10.7. The molecule has 2 aromatic carbocycles. The van der Waals surface area contributed by atoms with E-state index in [1.54, 1.807) is 31.3 Å². The fourth-order valence-electron chi connectivity index (χ4n) is 5.29. The predicted octanol–water partition coefficient (Wildman–Crippen LogP) is 4.34. The molecule has 9 heteroatoms. The summed E-state index contributed by atoms with van der Waals surface area (Å²) in [5, 5.41) is 9.97. The number of para-hydroxylation sites is 1. The van der Waals surface area contributed by atoms with Gasteiger partial charge in [0, 0.05) is 24.7 Å². The Hall–Kier alpha value is -3.85. The summed E-state index contributed by atoms with van der Waals surface area (Å²) in [5.41, 5.74) is 1.26. The van der Waals surface area contributed by atoms with Gasteiger partial charge in [0.2, 0.25) is 10.9 Å². The van der Waals surface area contributed by atoms with Crippen LogP contribution in [0.2, 0.25) is 0 Å². The van der Waals surface area contributed by atoms with Gasteiger partial charge in [-0.05, 0) is 49.1 Å². The number of rotatable bonds is 3. The molecule has 0 bridgehead atoms. The highest BCUT2D eigenvalue weighted by Crippen LogP contribution is 2.54. The molecule has 4 heterocycles. The standard InChI is InChI=1S/C27H24N4O4S/c1-13(2)10-20-28-29-26(36-20)31-24(33)23-21(22(32)16-11-14(3)15(4)12-19(16)35-23)27(31)17-8-6-7-9-18(17)30(5)25(27)34/h6-9,11-13H,10H2,1-5H3. The fraction of sp³-hybridized carbons (Fsp3) is 0.296. The monoisotopic (exact) mass is 500 g/mol. The molecule has 1 spiro atoms. The van der Waals surface area contributed by atoms with Crippen LogP contribution in [0.15, 0.2) is 45.6 Å². The lowest BCUT2D eigenvalue weighted by Gasteiger charge is -2.31. The van der Waals surface area contributed by atoms with Crippen LogP contribution in [0.3, 0.4) is 0 Å². The van der Waals surface area contributed by atoms with Gasteiger partial charge in [-0.15, -0.1) is 10.2 Å². The molecule has 36 heavy (non-hydrogen) atoms. The number of amides is 2. The summed E-state index contributed by atoms with van der Waals surface area (Å²) in [6.45, 7) is 7.98. The Kier molecular flexibility index (Phi) is 4.75. The summed E-state index contributed by atoms with van der Waals surface area (Å²) in [5.74, 6) is -0.777. The highest BCUT2D eigenvalue weighted by molar-refractivity contribution is 7.15. The zero-order valence-electron chi connectivity index (χ0n) is 20.6. The molecule has 6 rings (SSSR count). The summed E-state index contributed by atoms with van der Waals surface area (Å²) in [7, 11) is 1.65. The summed E-state index contributed by atoms with van der Waals surface area (Å²) >= 11 is 1.26. The molecular formula is C27H24N4O4S. The van der Waals surface area contributed by atoms with Gasteiger partial charge < -0.3 is 9.32 Å². The highest BCUT2D eigenvalue weighted by Gasteiger charge is 2.66. The zero-order valence-corrected chi connectivity index (χ0v) is 21.4. The Balaban J connectivity index is 1.72. The molecule has 2 aliphatic heterocycles. The molecule has 1 atom stereocenters. The molecule has 1 unspecified atom stereocenters. The van der Waals surface area contributed by atoms with Gasteiger partial charge in [0.05, 0.1) is 10.9 Å². The average molecular weight is 501 g/mol. The average Bonchev–Trinajstić information content (AvgIpc) is 3.45. The number of carbonyl (C=O) groups excluding carboxylic acids is 2. The maximum absolute atomic E-state index is 14.2. The maximum Gasteiger partial charge on any atom is 0.297 e. The van der Waals surface area contributed by atoms with Gasteiger partial charge >= 0.3 is 0 Å².